The number of hydrogen-bond donors (Lipinski definition) is 3. The first-order valence-corrected chi connectivity index (χ1v) is 9.11. The second-order valence-electron chi connectivity index (χ2n) is 6.62. The maximum Gasteiger partial charge on any atom is 0.354 e. The molecule has 0 spiro atoms. The minimum atomic E-state index is -0.474. The second kappa shape index (κ2) is 6.97. The van der Waals surface area contributed by atoms with E-state index in [4.69, 9.17) is 5.73 Å². The molecule has 1 fully saturated rings. The highest BCUT2D eigenvalue weighted by Gasteiger charge is 2.38. The van der Waals surface area contributed by atoms with Crippen LogP contribution in [-0.4, -0.2) is 34.5 Å². The zero-order valence-corrected chi connectivity index (χ0v) is 15.1. The predicted molar refractivity (Wildman–Crippen MR) is 96.4 cm³/mol. The topological polar surface area (TPSA) is 110 Å². The van der Waals surface area contributed by atoms with E-state index in [0.29, 0.717) is 16.5 Å². The molecule has 8 heteroatoms. The number of aromatic amines is 1. The Kier molecular flexibility index (Phi) is 4.91. The summed E-state index contributed by atoms with van der Waals surface area (Å²) in [4.78, 5) is 31.4. The molecule has 7 nitrogen and oxygen atoms in total. The number of hydrogen-bond acceptors (Lipinski definition) is 6. The van der Waals surface area contributed by atoms with Crippen LogP contribution in [0.15, 0.2) is 17.6 Å². The van der Waals surface area contributed by atoms with Gasteiger partial charge in [-0.2, -0.15) is 0 Å². The number of nitrogens with one attached hydrogen (secondary N) is 2. The number of H-pyrrole nitrogens is 1. The third-order valence-electron chi connectivity index (χ3n) is 4.69. The van der Waals surface area contributed by atoms with Gasteiger partial charge in [-0.15, -0.1) is 11.3 Å². The van der Waals surface area contributed by atoms with Gasteiger partial charge in [0, 0.05) is 22.7 Å². The summed E-state index contributed by atoms with van der Waals surface area (Å²) in [6.07, 6.45) is 5.43. The van der Waals surface area contributed by atoms with Crippen LogP contribution in [-0.2, 0) is 9.53 Å². The molecular formula is C17H22N4O3S. The van der Waals surface area contributed by atoms with Gasteiger partial charge in [-0.1, -0.05) is 12.8 Å². The van der Waals surface area contributed by atoms with Crippen molar-refractivity contribution >= 4 is 28.3 Å². The SMILES string of the molecule is COC(=O)c1cc(-c2csc(NC(=O)C3CCCCC3(C)N)n2)c[nH]1. The normalized spacial score (nSPS) is 23.2. The summed E-state index contributed by atoms with van der Waals surface area (Å²) < 4.78 is 4.67. The molecule has 25 heavy (non-hydrogen) atoms. The summed E-state index contributed by atoms with van der Waals surface area (Å²) in [5, 5.41) is 5.25. The first kappa shape index (κ1) is 17.6. The average Bonchev–Trinajstić information content (AvgIpc) is 3.22. The number of nitrogens with two attached hydrogens (primary N) is 1. The summed E-state index contributed by atoms with van der Waals surface area (Å²) in [6.45, 7) is 1.94. The number of aromatic nitrogens is 2. The molecule has 0 aliphatic heterocycles. The van der Waals surface area contributed by atoms with Crippen LogP contribution >= 0.6 is 11.3 Å². The van der Waals surface area contributed by atoms with E-state index in [-0.39, 0.29) is 11.8 Å². The summed E-state index contributed by atoms with van der Waals surface area (Å²) in [6, 6.07) is 1.67. The van der Waals surface area contributed by atoms with Crippen molar-refractivity contribution in [3.63, 3.8) is 0 Å². The van der Waals surface area contributed by atoms with Crippen molar-refractivity contribution < 1.29 is 14.3 Å². The monoisotopic (exact) mass is 362 g/mol. The van der Waals surface area contributed by atoms with Crippen molar-refractivity contribution in [1.29, 1.82) is 0 Å². The number of anilines is 1. The van der Waals surface area contributed by atoms with E-state index < -0.39 is 11.5 Å². The Labute approximate surface area is 150 Å². The van der Waals surface area contributed by atoms with E-state index in [1.54, 1.807) is 12.3 Å². The highest BCUT2D eigenvalue weighted by Crippen LogP contribution is 2.33. The lowest BCUT2D eigenvalue weighted by molar-refractivity contribution is -0.122. The van der Waals surface area contributed by atoms with Crippen LogP contribution < -0.4 is 11.1 Å². The van der Waals surface area contributed by atoms with E-state index in [2.05, 4.69) is 20.0 Å². The Morgan fingerprint density at radius 3 is 3.00 bits per heavy atom. The third-order valence-corrected chi connectivity index (χ3v) is 5.45. The minimum absolute atomic E-state index is 0.0741. The Balaban J connectivity index is 1.70. The van der Waals surface area contributed by atoms with Crippen molar-refractivity contribution in [2.24, 2.45) is 11.7 Å². The number of esters is 1. The molecule has 2 aromatic rings. The van der Waals surface area contributed by atoms with Gasteiger partial charge in [0.2, 0.25) is 5.91 Å². The highest BCUT2D eigenvalue weighted by molar-refractivity contribution is 7.14. The largest absolute Gasteiger partial charge is 0.464 e. The fourth-order valence-corrected chi connectivity index (χ4v) is 3.94. The van der Waals surface area contributed by atoms with Gasteiger partial charge in [-0.05, 0) is 25.8 Å². The third kappa shape index (κ3) is 3.74. The quantitative estimate of drug-likeness (QED) is 0.725. The van der Waals surface area contributed by atoms with E-state index in [1.807, 2.05) is 12.3 Å². The molecule has 2 aromatic heterocycles. The molecule has 3 rings (SSSR count). The Bertz CT molecular complexity index is 780. The minimum Gasteiger partial charge on any atom is -0.464 e. The van der Waals surface area contributed by atoms with Gasteiger partial charge >= 0.3 is 5.97 Å². The number of nitrogens with zero attached hydrogens (tertiary/aromatic N) is 1. The molecular weight excluding hydrogens is 340 g/mol. The van der Waals surface area contributed by atoms with E-state index >= 15 is 0 Å². The molecule has 4 N–H and O–H groups in total. The van der Waals surface area contributed by atoms with Crippen molar-refractivity contribution in [1.82, 2.24) is 9.97 Å². The van der Waals surface area contributed by atoms with Crippen LogP contribution in [0.3, 0.4) is 0 Å². The Morgan fingerprint density at radius 2 is 2.28 bits per heavy atom. The Hall–Kier alpha value is -2.19. The zero-order valence-electron chi connectivity index (χ0n) is 14.3. The standard InChI is InChI=1S/C17H22N4O3S/c1-17(18)6-4-3-5-11(17)14(22)21-16-20-13(9-25-16)10-7-12(19-8-10)15(23)24-2/h7-9,11,19H,3-6,18H2,1-2H3,(H,20,21,22). The molecule has 1 amide bonds. The molecule has 0 radical (unpaired) electrons. The van der Waals surface area contributed by atoms with E-state index in [1.165, 1.54) is 18.4 Å². The fraction of sp³-hybridized carbons (Fsp3) is 0.471. The summed E-state index contributed by atoms with van der Waals surface area (Å²) in [5.41, 5.74) is 7.62. The average molecular weight is 362 g/mol. The first-order valence-electron chi connectivity index (χ1n) is 8.23. The van der Waals surface area contributed by atoms with Crippen LogP contribution in [0.4, 0.5) is 5.13 Å². The second-order valence-corrected chi connectivity index (χ2v) is 7.48. The number of methoxy groups -OCH3 is 1. The number of carbonyl (C=O) groups excluding carboxylic acids is 2. The molecule has 134 valence electrons. The number of carbonyl (C=O) groups is 2. The molecule has 1 aliphatic rings. The summed E-state index contributed by atoms with van der Waals surface area (Å²) >= 11 is 1.35. The zero-order chi connectivity index (χ0) is 18.0. The van der Waals surface area contributed by atoms with Crippen molar-refractivity contribution in [3.05, 3.63) is 23.3 Å². The lowest BCUT2D eigenvalue weighted by Crippen LogP contribution is -2.51. The van der Waals surface area contributed by atoms with Crippen LogP contribution in [0.5, 0.6) is 0 Å². The molecule has 2 atom stereocenters. The lowest BCUT2D eigenvalue weighted by atomic mass is 9.74. The van der Waals surface area contributed by atoms with Gasteiger partial charge in [0.25, 0.3) is 0 Å². The van der Waals surface area contributed by atoms with Crippen LogP contribution in [0.1, 0.15) is 43.1 Å². The molecule has 2 heterocycles. The number of rotatable bonds is 4. The lowest BCUT2D eigenvalue weighted by Gasteiger charge is -2.36. The molecule has 0 aromatic carbocycles. The van der Waals surface area contributed by atoms with Crippen LogP contribution in [0, 0.1) is 5.92 Å². The summed E-state index contributed by atoms with van der Waals surface area (Å²) in [7, 11) is 1.33. The maximum absolute atomic E-state index is 12.6. The van der Waals surface area contributed by atoms with Gasteiger partial charge in [-0.3, -0.25) is 4.79 Å². The number of amides is 1. The van der Waals surface area contributed by atoms with E-state index in [0.717, 1.165) is 31.2 Å². The van der Waals surface area contributed by atoms with Gasteiger partial charge < -0.3 is 20.8 Å². The van der Waals surface area contributed by atoms with Crippen molar-refractivity contribution in [2.45, 2.75) is 38.1 Å². The smallest absolute Gasteiger partial charge is 0.354 e. The van der Waals surface area contributed by atoms with Crippen molar-refractivity contribution in [2.75, 3.05) is 12.4 Å². The highest BCUT2D eigenvalue weighted by atomic mass is 32.1. The molecule has 0 bridgehead atoms. The van der Waals surface area contributed by atoms with Crippen molar-refractivity contribution in [3.8, 4) is 11.3 Å². The molecule has 1 saturated carbocycles. The first-order chi connectivity index (χ1) is 11.9. The Morgan fingerprint density at radius 1 is 1.48 bits per heavy atom. The van der Waals surface area contributed by atoms with Gasteiger partial charge in [0.05, 0.1) is 18.7 Å². The van der Waals surface area contributed by atoms with Crippen LogP contribution in [0.25, 0.3) is 11.3 Å². The predicted octanol–water partition coefficient (Wildman–Crippen LogP) is 2.77. The maximum atomic E-state index is 12.6. The molecule has 0 saturated heterocycles. The van der Waals surface area contributed by atoms with Gasteiger partial charge in [-0.25, -0.2) is 9.78 Å². The fourth-order valence-electron chi connectivity index (χ4n) is 3.22. The summed E-state index contributed by atoms with van der Waals surface area (Å²) in [5.74, 6) is -0.712. The molecule has 1 aliphatic carbocycles. The van der Waals surface area contributed by atoms with Gasteiger partial charge in [0.1, 0.15) is 5.69 Å². The number of thiazole rings is 1. The van der Waals surface area contributed by atoms with Gasteiger partial charge in [0.15, 0.2) is 5.13 Å². The number of ether oxygens (including phenoxy) is 1. The molecule has 2 unspecified atom stereocenters. The van der Waals surface area contributed by atoms with E-state index in [9.17, 15) is 9.59 Å². The van der Waals surface area contributed by atoms with Crippen LogP contribution in [0.2, 0.25) is 0 Å².